The van der Waals surface area contributed by atoms with Gasteiger partial charge in [0.15, 0.2) is 0 Å². The van der Waals surface area contributed by atoms with Crippen molar-refractivity contribution in [2.45, 2.75) is 26.7 Å². The molecule has 3 heteroatoms. The van der Waals surface area contributed by atoms with E-state index in [0.29, 0.717) is 6.42 Å². The van der Waals surface area contributed by atoms with Gasteiger partial charge in [0.05, 0.1) is 11.2 Å². The van der Waals surface area contributed by atoms with Gasteiger partial charge in [0.25, 0.3) is 0 Å². The van der Waals surface area contributed by atoms with Gasteiger partial charge in [0, 0.05) is 18.0 Å². The van der Waals surface area contributed by atoms with Crippen LogP contribution in [0.2, 0.25) is 0 Å². The molecule has 0 saturated heterocycles. The highest BCUT2D eigenvalue weighted by molar-refractivity contribution is 6.01. The van der Waals surface area contributed by atoms with E-state index < -0.39 is 0 Å². The van der Waals surface area contributed by atoms with Crippen molar-refractivity contribution in [3.05, 3.63) is 36.0 Å². The SMILES string of the molecule is CCCC(=O)Nc1ccc(C)c2ncccc12. The maximum Gasteiger partial charge on any atom is 0.224 e. The normalized spacial score (nSPS) is 10.5. The van der Waals surface area contributed by atoms with E-state index in [1.165, 1.54) is 0 Å². The first-order valence-electron chi connectivity index (χ1n) is 5.86. The first kappa shape index (κ1) is 11.6. The Kier molecular flexibility index (Phi) is 3.38. The van der Waals surface area contributed by atoms with E-state index >= 15 is 0 Å². The molecule has 3 nitrogen and oxygen atoms in total. The van der Waals surface area contributed by atoms with Gasteiger partial charge in [-0.15, -0.1) is 0 Å². The maximum absolute atomic E-state index is 11.6. The monoisotopic (exact) mass is 228 g/mol. The summed E-state index contributed by atoms with van der Waals surface area (Å²) in [5.41, 5.74) is 2.91. The number of carbonyl (C=O) groups excluding carboxylic acids is 1. The van der Waals surface area contributed by atoms with Gasteiger partial charge in [-0.05, 0) is 37.1 Å². The molecule has 0 radical (unpaired) electrons. The largest absolute Gasteiger partial charge is 0.325 e. The summed E-state index contributed by atoms with van der Waals surface area (Å²) in [4.78, 5) is 16.0. The van der Waals surface area contributed by atoms with Crippen molar-refractivity contribution >= 4 is 22.5 Å². The van der Waals surface area contributed by atoms with Gasteiger partial charge in [0.1, 0.15) is 0 Å². The number of anilines is 1. The van der Waals surface area contributed by atoms with Crippen molar-refractivity contribution < 1.29 is 4.79 Å². The smallest absolute Gasteiger partial charge is 0.224 e. The minimum atomic E-state index is 0.0570. The van der Waals surface area contributed by atoms with Crippen molar-refractivity contribution in [3.63, 3.8) is 0 Å². The second kappa shape index (κ2) is 4.95. The Labute approximate surface area is 101 Å². The first-order valence-corrected chi connectivity index (χ1v) is 5.86. The van der Waals surface area contributed by atoms with E-state index in [2.05, 4.69) is 10.3 Å². The van der Waals surface area contributed by atoms with Gasteiger partial charge in [-0.2, -0.15) is 0 Å². The summed E-state index contributed by atoms with van der Waals surface area (Å²) in [5, 5.41) is 3.93. The Hall–Kier alpha value is -1.90. The van der Waals surface area contributed by atoms with Gasteiger partial charge >= 0.3 is 0 Å². The average Bonchev–Trinajstić information content (AvgIpc) is 2.34. The average molecular weight is 228 g/mol. The molecule has 0 aliphatic heterocycles. The van der Waals surface area contributed by atoms with Crippen LogP contribution in [0.15, 0.2) is 30.5 Å². The molecule has 0 unspecified atom stereocenters. The van der Waals surface area contributed by atoms with Crippen molar-refractivity contribution in [2.75, 3.05) is 5.32 Å². The summed E-state index contributed by atoms with van der Waals surface area (Å²) in [7, 11) is 0. The predicted octanol–water partition coefficient (Wildman–Crippen LogP) is 3.28. The fraction of sp³-hybridized carbons (Fsp3) is 0.286. The van der Waals surface area contributed by atoms with Crippen molar-refractivity contribution in [3.8, 4) is 0 Å². The number of nitrogens with one attached hydrogen (secondary N) is 1. The predicted molar refractivity (Wildman–Crippen MR) is 70.0 cm³/mol. The molecule has 0 fully saturated rings. The molecule has 1 heterocycles. The lowest BCUT2D eigenvalue weighted by Gasteiger charge is -2.09. The highest BCUT2D eigenvalue weighted by atomic mass is 16.1. The number of fused-ring (bicyclic) bond motifs is 1. The van der Waals surface area contributed by atoms with Crippen molar-refractivity contribution in [2.24, 2.45) is 0 Å². The van der Waals surface area contributed by atoms with Crippen LogP contribution in [0.3, 0.4) is 0 Å². The topological polar surface area (TPSA) is 42.0 Å². The van der Waals surface area contributed by atoms with Gasteiger partial charge in [-0.25, -0.2) is 0 Å². The zero-order valence-corrected chi connectivity index (χ0v) is 10.2. The molecule has 0 aliphatic rings. The molecule has 0 bridgehead atoms. The number of rotatable bonds is 3. The second-order valence-electron chi connectivity index (χ2n) is 4.13. The van der Waals surface area contributed by atoms with Gasteiger partial charge < -0.3 is 5.32 Å². The van der Waals surface area contributed by atoms with Crippen LogP contribution >= 0.6 is 0 Å². The van der Waals surface area contributed by atoms with E-state index in [9.17, 15) is 4.79 Å². The van der Waals surface area contributed by atoms with E-state index in [1.54, 1.807) is 6.20 Å². The number of pyridine rings is 1. The quantitative estimate of drug-likeness (QED) is 0.875. The van der Waals surface area contributed by atoms with Gasteiger partial charge in [-0.1, -0.05) is 13.0 Å². The lowest BCUT2D eigenvalue weighted by molar-refractivity contribution is -0.116. The van der Waals surface area contributed by atoms with Crippen LogP contribution in [0, 0.1) is 6.92 Å². The molecule has 17 heavy (non-hydrogen) atoms. The summed E-state index contributed by atoms with van der Waals surface area (Å²) in [5.74, 6) is 0.0570. The summed E-state index contributed by atoms with van der Waals surface area (Å²) in [6.45, 7) is 4.02. The molecular formula is C14H16N2O. The van der Waals surface area contributed by atoms with Crippen molar-refractivity contribution in [1.29, 1.82) is 0 Å². The Balaban J connectivity index is 2.41. The number of amides is 1. The van der Waals surface area contributed by atoms with E-state index in [4.69, 9.17) is 0 Å². The summed E-state index contributed by atoms with van der Waals surface area (Å²) >= 11 is 0. The third-order valence-corrected chi connectivity index (χ3v) is 2.72. The molecule has 0 saturated carbocycles. The Bertz CT molecular complexity index is 549. The molecule has 2 rings (SSSR count). The highest BCUT2D eigenvalue weighted by Crippen LogP contribution is 2.24. The Morgan fingerprint density at radius 3 is 2.94 bits per heavy atom. The lowest BCUT2D eigenvalue weighted by atomic mass is 10.1. The maximum atomic E-state index is 11.6. The van der Waals surface area contributed by atoms with Crippen LogP contribution in [0.25, 0.3) is 10.9 Å². The van der Waals surface area contributed by atoms with Gasteiger partial charge in [0.2, 0.25) is 5.91 Å². The van der Waals surface area contributed by atoms with Crippen LogP contribution in [0.1, 0.15) is 25.3 Å². The van der Waals surface area contributed by atoms with Crippen LogP contribution in [0.4, 0.5) is 5.69 Å². The molecule has 1 aromatic heterocycles. The van der Waals surface area contributed by atoms with Gasteiger partial charge in [-0.3, -0.25) is 9.78 Å². The third kappa shape index (κ3) is 2.44. The number of aromatic nitrogens is 1. The standard InChI is InChI=1S/C14H16N2O/c1-3-5-13(17)16-12-8-7-10(2)14-11(12)6-4-9-15-14/h4,6-9H,3,5H2,1-2H3,(H,16,17). The number of benzene rings is 1. The lowest BCUT2D eigenvalue weighted by Crippen LogP contribution is -2.11. The second-order valence-corrected chi connectivity index (χ2v) is 4.13. The Morgan fingerprint density at radius 2 is 2.18 bits per heavy atom. The minimum absolute atomic E-state index is 0.0570. The fourth-order valence-corrected chi connectivity index (χ4v) is 1.86. The first-order chi connectivity index (χ1) is 8.22. The molecule has 0 atom stereocenters. The molecule has 1 N–H and O–H groups in total. The molecule has 1 aromatic carbocycles. The fourth-order valence-electron chi connectivity index (χ4n) is 1.86. The zero-order chi connectivity index (χ0) is 12.3. The number of hydrogen-bond donors (Lipinski definition) is 1. The molecule has 88 valence electrons. The number of aryl methyl sites for hydroxylation is 1. The molecular weight excluding hydrogens is 212 g/mol. The number of hydrogen-bond acceptors (Lipinski definition) is 2. The van der Waals surface area contributed by atoms with Crippen LogP contribution in [-0.4, -0.2) is 10.9 Å². The van der Waals surface area contributed by atoms with Crippen LogP contribution < -0.4 is 5.32 Å². The number of carbonyl (C=O) groups is 1. The van der Waals surface area contributed by atoms with Crippen LogP contribution in [-0.2, 0) is 4.79 Å². The van der Waals surface area contributed by atoms with Crippen LogP contribution in [0.5, 0.6) is 0 Å². The summed E-state index contributed by atoms with van der Waals surface area (Å²) in [6.07, 6.45) is 3.18. The van der Waals surface area contributed by atoms with Crippen molar-refractivity contribution in [1.82, 2.24) is 4.98 Å². The molecule has 0 aliphatic carbocycles. The number of nitrogens with zero attached hydrogens (tertiary/aromatic N) is 1. The summed E-state index contributed by atoms with van der Waals surface area (Å²) < 4.78 is 0. The molecule has 2 aromatic rings. The van der Waals surface area contributed by atoms with E-state index in [1.807, 2.05) is 38.1 Å². The van der Waals surface area contributed by atoms with E-state index in [-0.39, 0.29) is 5.91 Å². The highest BCUT2D eigenvalue weighted by Gasteiger charge is 2.06. The molecule has 1 amide bonds. The third-order valence-electron chi connectivity index (χ3n) is 2.72. The van der Waals surface area contributed by atoms with E-state index in [0.717, 1.165) is 28.6 Å². The Morgan fingerprint density at radius 1 is 1.35 bits per heavy atom. The summed E-state index contributed by atoms with van der Waals surface area (Å²) in [6, 6.07) is 7.79. The molecule has 0 spiro atoms. The minimum Gasteiger partial charge on any atom is -0.325 e. The zero-order valence-electron chi connectivity index (χ0n) is 10.2.